The second-order valence-electron chi connectivity index (χ2n) is 6.86. The Bertz CT molecular complexity index is 1310. The number of ether oxygens (including phenoxy) is 2. The first-order valence-corrected chi connectivity index (χ1v) is 9.52. The first-order chi connectivity index (χ1) is 15.0. The number of carbonyl (C=O) groups excluding carboxylic acids is 1. The number of benzene rings is 2. The number of furan rings is 1. The molecule has 4 aromatic rings. The minimum absolute atomic E-state index is 0.00931. The van der Waals surface area contributed by atoms with E-state index in [0.717, 1.165) is 5.39 Å². The molecule has 0 fully saturated rings. The summed E-state index contributed by atoms with van der Waals surface area (Å²) in [6.45, 7) is 1.62. The van der Waals surface area contributed by atoms with Crippen LogP contribution in [-0.2, 0) is 16.1 Å². The maximum atomic E-state index is 12.8. The average molecular weight is 417 g/mol. The molecule has 4 rings (SSSR count). The van der Waals surface area contributed by atoms with Crippen LogP contribution in [0.2, 0.25) is 0 Å². The molecule has 0 aliphatic heterocycles. The minimum Gasteiger partial charge on any atom is -0.507 e. The summed E-state index contributed by atoms with van der Waals surface area (Å²) in [5.41, 5.74) is 2.33. The van der Waals surface area contributed by atoms with Crippen molar-refractivity contribution in [3.63, 3.8) is 0 Å². The molecule has 0 amide bonds. The van der Waals surface area contributed by atoms with Gasteiger partial charge in [-0.2, -0.15) is 5.26 Å². The summed E-state index contributed by atoms with van der Waals surface area (Å²) in [5, 5.41) is 20.9. The molecule has 0 saturated heterocycles. The van der Waals surface area contributed by atoms with Gasteiger partial charge >= 0.3 is 5.97 Å². The number of fused-ring (bicyclic) bond motifs is 2. The number of H-pyrrole nitrogens is 1. The fourth-order valence-electron chi connectivity index (χ4n) is 3.33. The van der Waals surface area contributed by atoms with Gasteiger partial charge in [0.15, 0.2) is 17.7 Å². The van der Waals surface area contributed by atoms with Crippen molar-refractivity contribution >= 4 is 33.5 Å². The molecule has 1 atom stereocenters. The molecule has 0 bridgehead atoms. The van der Waals surface area contributed by atoms with E-state index < -0.39 is 17.8 Å². The second kappa shape index (κ2) is 8.34. The lowest BCUT2D eigenvalue weighted by Gasteiger charge is -2.13. The van der Waals surface area contributed by atoms with Gasteiger partial charge in [0.05, 0.1) is 17.6 Å². The lowest BCUT2D eigenvalue weighted by atomic mass is 10.1. The molecule has 0 radical (unpaired) electrons. The van der Waals surface area contributed by atoms with Crippen molar-refractivity contribution in [2.24, 2.45) is 0 Å². The van der Waals surface area contributed by atoms with Gasteiger partial charge in [0.25, 0.3) is 0 Å². The number of imidazole rings is 1. The van der Waals surface area contributed by atoms with Crippen molar-refractivity contribution < 1.29 is 23.8 Å². The first kappa shape index (κ1) is 20.2. The highest BCUT2D eigenvalue weighted by Gasteiger charge is 2.26. The third-order valence-corrected chi connectivity index (χ3v) is 4.84. The van der Waals surface area contributed by atoms with Crippen molar-refractivity contribution in [1.82, 2.24) is 9.97 Å². The molecule has 2 aromatic carbocycles. The van der Waals surface area contributed by atoms with E-state index in [1.54, 1.807) is 24.3 Å². The lowest BCUT2D eigenvalue weighted by Crippen LogP contribution is -2.19. The molecule has 0 saturated carbocycles. The molecule has 2 heterocycles. The number of nitrogens with zero attached hydrogens (tertiary/aromatic N) is 2. The van der Waals surface area contributed by atoms with E-state index in [0.29, 0.717) is 22.2 Å². The molecule has 0 aliphatic carbocycles. The van der Waals surface area contributed by atoms with Gasteiger partial charge in [-0.25, -0.2) is 9.78 Å². The van der Waals surface area contributed by atoms with Crippen molar-refractivity contribution in [1.29, 1.82) is 5.26 Å². The number of aliphatic hydroxyl groups is 1. The molecular formula is C23H19N3O5. The lowest BCUT2D eigenvalue weighted by molar-refractivity contribution is 0.0296. The van der Waals surface area contributed by atoms with Crippen LogP contribution in [0, 0.1) is 11.3 Å². The third kappa shape index (κ3) is 3.74. The number of nitriles is 1. The van der Waals surface area contributed by atoms with Gasteiger partial charge in [-0.3, -0.25) is 0 Å². The Morgan fingerprint density at radius 2 is 2.00 bits per heavy atom. The smallest absolute Gasteiger partial charge is 0.375 e. The fraction of sp³-hybridized carbons (Fsp3) is 0.174. The number of allylic oxidation sites excluding steroid dienone is 1. The molecule has 2 aromatic heterocycles. The van der Waals surface area contributed by atoms with Gasteiger partial charge in [0.2, 0.25) is 5.76 Å². The largest absolute Gasteiger partial charge is 0.507 e. The number of nitrogens with one attached hydrogen (secondary N) is 1. The summed E-state index contributed by atoms with van der Waals surface area (Å²) < 4.78 is 16.3. The topological polar surface area (TPSA) is 121 Å². The number of aliphatic hydroxyl groups excluding tert-OH is 1. The highest BCUT2D eigenvalue weighted by atomic mass is 16.6. The van der Waals surface area contributed by atoms with Gasteiger partial charge in [0, 0.05) is 18.1 Å². The van der Waals surface area contributed by atoms with Crippen molar-refractivity contribution in [3.05, 3.63) is 71.4 Å². The van der Waals surface area contributed by atoms with E-state index in [1.165, 1.54) is 14.0 Å². The van der Waals surface area contributed by atoms with E-state index >= 15 is 0 Å². The van der Waals surface area contributed by atoms with Gasteiger partial charge in [-0.1, -0.05) is 30.3 Å². The van der Waals surface area contributed by atoms with Crippen LogP contribution < -0.4 is 0 Å². The Labute approximate surface area is 177 Å². The maximum Gasteiger partial charge on any atom is 0.375 e. The number of methoxy groups -OCH3 is 1. The Morgan fingerprint density at radius 3 is 2.74 bits per heavy atom. The predicted octanol–water partition coefficient (Wildman–Crippen LogP) is 4.49. The van der Waals surface area contributed by atoms with Gasteiger partial charge in [-0.15, -0.1) is 0 Å². The predicted molar refractivity (Wildman–Crippen MR) is 113 cm³/mol. The average Bonchev–Trinajstić information content (AvgIpc) is 3.36. The van der Waals surface area contributed by atoms with Crippen molar-refractivity contribution in [2.45, 2.75) is 19.6 Å². The Kier molecular flexibility index (Phi) is 5.43. The number of para-hydroxylation sites is 3. The Morgan fingerprint density at radius 1 is 1.26 bits per heavy atom. The molecule has 156 valence electrons. The molecule has 0 unspecified atom stereocenters. The molecular weight excluding hydrogens is 398 g/mol. The van der Waals surface area contributed by atoms with Crippen LogP contribution in [0.4, 0.5) is 0 Å². The van der Waals surface area contributed by atoms with Gasteiger partial charge in [-0.05, 0) is 25.1 Å². The molecule has 0 spiro atoms. The number of aromatic amines is 1. The summed E-state index contributed by atoms with van der Waals surface area (Å²) in [6.07, 6.45) is -1.11. The van der Waals surface area contributed by atoms with Crippen LogP contribution in [-0.4, -0.2) is 34.3 Å². The van der Waals surface area contributed by atoms with Crippen LogP contribution in [0.15, 0.2) is 58.7 Å². The zero-order valence-electron chi connectivity index (χ0n) is 16.9. The Balaban J connectivity index is 1.64. The summed E-state index contributed by atoms with van der Waals surface area (Å²) >= 11 is 0. The van der Waals surface area contributed by atoms with Gasteiger partial charge in [0.1, 0.15) is 17.2 Å². The fourth-order valence-corrected chi connectivity index (χ4v) is 3.33. The second-order valence-corrected chi connectivity index (χ2v) is 6.86. The highest BCUT2D eigenvalue weighted by molar-refractivity contribution is 5.96. The number of rotatable bonds is 6. The monoisotopic (exact) mass is 417 g/mol. The summed E-state index contributed by atoms with van der Waals surface area (Å²) in [5.74, 6) is -1.01. The standard InChI is InChI=1S/C23H19N3O5/c1-13(20(27)15(11-24)22-25-17-8-4-5-9-18(17)26-22)30-23(28)21-16(12-29-2)14-7-3-6-10-19(14)31-21/h3-10,13,27H,12H2,1-2H3,(H,25,26)/b20-15-/t13-/m0/s1. The first-order valence-electron chi connectivity index (χ1n) is 9.52. The van der Waals surface area contributed by atoms with Crippen LogP contribution in [0.25, 0.3) is 27.6 Å². The molecule has 8 nitrogen and oxygen atoms in total. The zero-order chi connectivity index (χ0) is 22.0. The summed E-state index contributed by atoms with van der Waals surface area (Å²) in [4.78, 5) is 20.1. The Hall–Kier alpha value is -4.09. The van der Waals surface area contributed by atoms with E-state index in [9.17, 15) is 15.2 Å². The molecule has 8 heteroatoms. The van der Waals surface area contributed by atoms with Crippen LogP contribution in [0.5, 0.6) is 0 Å². The molecule has 2 N–H and O–H groups in total. The van der Waals surface area contributed by atoms with E-state index in [-0.39, 0.29) is 23.8 Å². The SMILES string of the molecule is COCc1c(C(=O)O[C@@H](C)/C(O)=C(\C#N)c2nc3ccccc3[nH]2)oc2ccccc12. The highest BCUT2D eigenvalue weighted by Crippen LogP contribution is 2.28. The zero-order valence-corrected chi connectivity index (χ0v) is 16.9. The minimum atomic E-state index is -1.11. The van der Waals surface area contributed by atoms with Crippen molar-refractivity contribution in [3.8, 4) is 6.07 Å². The van der Waals surface area contributed by atoms with Crippen LogP contribution in [0.1, 0.15) is 28.9 Å². The summed E-state index contributed by atoms with van der Waals surface area (Å²) in [7, 11) is 1.51. The summed E-state index contributed by atoms with van der Waals surface area (Å²) in [6, 6.07) is 16.3. The van der Waals surface area contributed by atoms with Gasteiger partial charge < -0.3 is 24.0 Å². The van der Waals surface area contributed by atoms with Crippen LogP contribution >= 0.6 is 0 Å². The number of carbonyl (C=O) groups is 1. The number of aromatic nitrogens is 2. The van der Waals surface area contributed by atoms with Crippen molar-refractivity contribution in [2.75, 3.05) is 7.11 Å². The maximum absolute atomic E-state index is 12.8. The molecule has 31 heavy (non-hydrogen) atoms. The van der Waals surface area contributed by atoms with E-state index in [1.807, 2.05) is 30.3 Å². The number of hydrogen-bond donors (Lipinski definition) is 2. The van der Waals surface area contributed by atoms with E-state index in [4.69, 9.17) is 13.9 Å². The number of hydrogen-bond acceptors (Lipinski definition) is 7. The van der Waals surface area contributed by atoms with E-state index in [2.05, 4.69) is 9.97 Å². The normalized spacial score (nSPS) is 13.1. The molecule has 0 aliphatic rings. The number of esters is 1. The third-order valence-electron chi connectivity index (χ3n) is 4.84. The quantitative estimate of drug-likeness (QED) is 0.269. The van der Waals surface area contributed by atoms with Crippen LogP contribution in [0.3, 0.4) is 0 Å².